The van der Waals surface area contributed by atoms with E-state index in [0.717, 1.165) is 16.7 Å². The SMILES string of the molecule is COc1cccc(N2C(=O)S/C(=C/c3ccccc3OC(C)C(=O)O)C2=O)c1. The number of aliphatic carboxylic acids is 1. The van der Waals surface area contributed by atoms with Crippen LogP contribution in [0.5, 0.6) is 11.5 Å². The van der Waals surface area contributed by atoms with E-state index < -0.39 is 23.2 Å². The Morgan fingerprint density at radius 1 is 1.18 bits per heavy atom. The lowest BCUT2D eigenvalue weighted by atomic mass is 10.1. The number of amides is 2. The predicted molar refractivity (Wildman–Crippen MR) is 106 cm³/mol. The van der Waals surface area contributed by atoms with Gasteiger partial charge in [0.15, 0.2) is 6.10 Å². The van der Waals surface area contributed by atoms with Gasteiger partial charge < -0.3 is 14.6 Å². The molecule has 1 unspecified atom stereocenters. The number of hydrogen-bond acceptors (Lipinski definition) is 6. The summed E-state index contributed by atoms with van der Waals surface area (Å²) in [6.45, 7) is 1.41. The minimum Gasteiger partial charge on any atom is -0.497 e. The van der Waals surface area contributed by atoms with Crippen LogP contribution in [0, 0.1) is 0 Å². The number of hydrogen-bond donors (Lipinski definition) is 1. The molecule has 1 aliphatic heterocycles. The lowest BCUT2D eigenvalue weighted by Crippen LogP contribution is -2.27. The van der Waals surface area contributed by atoms with Crippen molar-refractivity contribution in [1.82, 2.24) is 0 Å². The van der Waals surface area contributed by atoms with E-state index in [2.05, 4.69) is 0 Å². The molecule has 1 N–H and O–H groups in total. The lowest BCUT2D eigenvalue weighted by molar-refractivity contribution is -0.144. The van der Waals surface area contributed by atoms with E-state index >= 15 is 0 Å². The summed E-state index contributed by atoms with van der Waals surface area (Å²) in [6.07, 6.45) is 0.469. The molecular formula is C20H17NO6S. The Morgan fingerprint density at radius 2 is 1.93 bits per heavy atom. The third-order valence-corrected chi connectivity index (χ3v) is 4.83. The van der Waals surface area contributed by atoms with Gasteiger partial charge in [0.25, 0.3) is 11.1 Å². The molecule has 0 spiro atoms. The number of benzene rings is 2. The van der Waals surface area contributed by atoms with Crippen LogP contribution in [0.2, 0.25) is 0 Å². The van der Waals surface area contributed by atoms with Gasteiger partial charge in [0, 0.05) is 11.6 Å². The molecular weight excluding hydrogens is 382 g/mol. The predicted octanol–water partition coefficient (Wildman–Crippen LogP) is 3.79. The number of imide groups is 1. The van der Waals surface area contributed by atoms with Gasteiger partial charge in [0.2, 0.25) is 0 Å². The van der Waals surface area contributed by atoms with Gasteiger partial charge in [-0.1, -0.05) is 24.3 Å². The zero-order valence-electron chi connectivity index (χ0n) is 15.1. The van der Waals surface area contributed by atoms with Crippen molar-refractivity contribution >= 4 is 40.6 Å². The summed E-state index contributed by atoms with van der Waals surface area (Å²) in [5.74, 6) is -0.731. The Labute approximate surface area is 165 Å². The molecule has 0 bridgehead atoms. The highest BCUT2D eigenvalue weighted by Crippen LogP contribution is 2.37. The number of carbonyl (C=O) groups excluding carboxylic acids is 2. The van der Waals surface area contributed by atoms with Gasteiger partial charge in [-0.3, -0.25) is 9.59 Å². The molecule has 0 aliphatic carbocycles. The number of anilines is 1. The molecule has 0 aromatic heterocycles. The first kappa shape index (κ1) is 19.5. The van der Waals surface area contributed by atoms with Gasteiger partial charge in [-0.05, 0) is 43.0 Å². The Hall–Kier alpha value is -3.26. The third kappa shape index (κ3) is 4.01. The molecule has 1 saturated heterocycles. The third-order valence-electron chi connectivity index (χ3n) is 3.96. The van der Waals surface area contributed by atoms with Gasteiger partial charge in [-0.25, -0.2) is 9.69 Å². The summed E-state index contributed by atoms with van der Waals surface area (Å²) in [7, 11) is 1.50. The van der Waals surface area contributed by atoms with Crippen molar-refractivity contribution in [3.8, 4) is 11.5 Å². The fraction of sp³-hybridized carbons (Fsp3) is 0.150. The monoisotopic (exact) mass is 399 g/mol. The Kier molecular flexibility index (Phi) is 5.70. The van der Waals surface area contributed by atoms with Gasteiger partial charge in [0.05, 0.1) is 17.7 Å². The van der Waals surface area contributed by atoms with Crippen LogP contribution in [-0.4, -0.2) is 35.4 Å². The summed E-state index contributed by atoms with van der Waals surface area (Å²) in [4.78, 5) is 37.6. The zero-order chi connectivity index (χ0) is 20.3. The number of thioether (sulfide) groups is 1. The van der Waals surface area contributed by atoms with Crippen LogP contribution in [-0.2, 0) is 9.59 Å². The summed E-state index contributed by atoms with van der Waals surface area (Å²) >= 11 is 0.805. The maximum absolute atomic E-state index is 12.8. The fourth-order valence-corrected chi connectivity index (χ4v) is 3.36. The van der Waals surface area contributed by atoms with Crippen LogP contribution in [0.4, 0.5) is 10.5 Å². The van der Waals surface area contributed by atoms with Gasteiger partial charge >= 0.3 is 5.97 Å². The summed E-state index contributed by atoms with van der Waals surface area (Å²) < 4.78 is 10.6. The van der Waals surface area contributed by atoms with Crippen LogP contribution in [0.15, 0.2) is 53.4 Å². The second-order valence-electron chi connectivity index (χ2n) is 5.85. The van der Waals surface area contributed by atoms with Crippen molar-refractivity contribution in [3.05, 3.63) is 59.0 Å². The largest absolute Gasteiger partial charge is 0.497 e. The molecule has 1 heterocycles. The molecule has 1 atom stereocenters. The maximum atomic E-state index is 12.8. The molecule has 0 saturated carbocycles. The van der Waals surface area contributed by atoms with Crippen LogP contribution < -0.4 is 14.4 Å². The highest BCUT2D eigenvalue weighted by Gasteiger charge is 2.36. The number of carboxylic acid groups (broad SMARTS) is 1. The molecule has 2 aromatic carbocycles. The van der Waals surface area contributed by atoms with E-state index in [1.807, 2.05) is 0 Å². The molecule has 2 amide bonds. The number of carboxylic acids is 1. The molecule has 8 heteroatoms. The van der Waals surface area contributed by atoms with Gasteiger partial charge in [-0.15, -0.1) is 0 Å². The Balaban J connectivity index is 1.91. The van der Waals surface area contributed by atoms with Crippen molar-refractivity contribution < 1.29 is 29.0 Å². The van der Waals surface area contributed by atoms with Crippen molar-refractivity contribution in [3.63, 3.8) is 0 Å². The molecule has 1 fully saturated rings. The molecule has 7 nitrogen and oxygen atoms in total. The molecule has 144 valence electrons. The van der Waals surface area contributed by atoms with Crippen LogP contribution >= 0.6 is 11.8 Å². The van der Waals surface area contributed by atoms with E-state index in [1.165, 1.54) is 20.1 Å². The highest BCUT2D eigenvalue weighted by atomic mass is 32.2. The van der Waals surface area contributed by atoms with Crippen molar-refractivity contribution in [1.29, 1.82) is 0 Å². The van der Waals surface area contributed by atoms with Crippen LogP contribution in [0.25, 0.3) is 6.08 Å². The second kappa shape index (κ2) is 8.18. The number of para-hydroxylation sites is 1. The van der Waals surface area contributed by atoms with Crippen molar-refractivity contribution in [2.75, 3.05) is 12.0 Å². The van der Waals surface area contributed by atoms with Crippen molar-refractivity contribution in [2.24, 2.45) is 0 Å². The molecule has 0 radical (unpaired) electrons. The minimum absolute atomic E-state index is 0.215. The summed E-state index contributed by atoms with van der Waals surface area (Å²) in [5.41, 5.74) is 0.918. The van der Waals surface area contributed by atoms with E-state index in [9.17, 15) is 14.4 Å². The number of methoxy groups -OCH3 is 1. The first-order valence-corrected chi connectivity index (χ1v) is 9.13. The smallest absolute Gasteiger partial charge is 0.344 e. The van der Waals surface area contributed by atoms with Crippen molar-refractivity contribution in [2.45, 2.75) is 13.0 Å². The minimum atomic E-state index is -1.10. The van der Waals surface area contributed by atoms with Gasteiger partial charge in [-0.2, -0.15) is 0 Å². The first-order valence-electron chi connectivity index (χ1n) is 8.31. The molecule has 1 aliphatic rings. The van der Waals surface area contributed by atoms with Crippen LogP contribution in [0.3, 0.4) is 0 Å². The fourth-order valence-electron chi connectivity index (χ4n) is 2.53. The second-order valence-corrected chi connectivity index (χ2v) is 6.85. The van der Waals surface area contributed by atoms with E-state index in [1.54, 1.807) is 48.5 Å². The summed E-state index contributed by atoms with van der Waals surface area (Å²) in [5, 5.41) is 8.61. The normalized spacial score (nSPS) is 16.4. The molecule has 3 rings (SSSR count). The lowest BCUT2D eigenvalue weighted by Gasteiger charge is -2.14. The topological polar surface area (TPSA) is 93.1 Å². The average molecular weight is 399 g/mol. The summed E-state index contributed by atoms with van der Waals surface area (Å²) in [6, 6.07) is 13.4. The number of nitrogens with zero attached hydrogens (tertiary/aromatic N) is 1. The first-order chi connectivity index (χ1) is 13.4. The zero-order valence-corrected chi connectivity index (χ0v) is 15.9. The molecule has 2 aromatic rings. The van der Waals surface area contributed by atoms with Gasteiger partial charge in [0.1, 0.15) is 11.5 Å². The Bertz CT molecular complexity index is 971. The average Bonchev–Trinajstić information content (AvgIpc) is 2.96. The maximum Gasteiger partial charge on any atom is 0.344 e. The Morgan fingerprint density at radius 3 is 2.64 bits per heavy atom. The standard InChI is InChI=1S/C20H17NO6S/c1-12(19(23)24)27-16-9-4-3-6-13(16)10-17-18(22)21(20(25)28-17)14-7-5-8-15(11-14)26-2/h3-12H,1-2H3,(H,23,24)/b17-10+. The van der Waals surface area contributed by atoms with E-state index in [4.69, 9.17) is 14.6 Å². The quantitative estimate of drug-likeness (QED) is 0.739. The molecule has 28 heavy (non-hydrogen) atoms. The number of rotatable bonds is 6. The highest BCUT2D eigenvalue weighted by molar-refractivity contribution is 8.19. The van der Waals surface area contributed by atoms with E-state index in [0.29, 0.717) is 22.7 Å². The van der Waals surface area contributed by atoms with Crippen LogP contribution in [0.1, 0.15) is 12.5 Å². The number of carbonyl (C=O) groups is 3. The van der Waals surface area contributed by atoms with E-state index in [-0.39, 0.29) is 4.91 Å². The number of ether oxygens (including phenoxy) is 2.